The summed E-state index contributed by atoms with van der Waals surface area (Å²) >= 11 is 5.87. The number of hydrogen-bond acceptors (Lipinski definition) is 4. The predicted molar refractivity (Wildman–Crippen MR) is 65.5 cm³/mol. The van der Waals surface area contributed by atoms with Crippen LogP contribution in [0.3, 0.4) is 0 Å². The first-order valence-corrected chi connectivity index (χ1v) is 7.42. The highest BCUT2D eigenvalue weighted by Gasteiger charge is 2.39. The third kappa shape index (κ3) is 2.01. The van der Waals surface area contributed by atoms with Crippen LogP contribution in [-0.2, 0) is 21.9 Å². The lowest BCUT2D eigenvalue weighted by Gasteiger charge is -2.15. The quantitative estimate of drug-likeness (QED) is 0.833. The van der Waals surface area contributed by atoms with E-state index in [2.05, 4.69) is 4.98 Å². The van der Waals surface area contributed by atoms with Crippen LogP contribution < -0.4 is 0 Å². The molecule has 6 nitrogen and oxygen atoms in total. The van der Waals surface area contributed by atoms with E-state index in [1.807, 2.05) is 6.92 Å². The zero-order valence-electron chi connectivity index (χ0n) is 10.1. The minimum Gasteiger partial charge on any atom is -0.324 e. The van der Waals surface area contributed by atoms with Gasteiger partial charge in [0, 0.05) is 20.0 Å². The first-order valence-electron chi connectivity index (χ1n) is 5.60. The summed E-state index contributed by atoms with van der Waals surface area (Å²) in [5, 5.41) is -0.237. The van der Waals surface area contributed by atoms with Crippen molar-refractivity contribution in [1.82, 2.24) is 13.9 Å². The number of carbonyl (C=O) groups excluding carboxylic acids is 1. The van der Waals surface area contributed by atoms with Crippen molar-refractivity contribution < 1.29 is 13.2 Å². The molecule has 1 aromatic heterocycles. The van der Waals surface area contributed by atoms with E-state index in [-0.39, 0.29) is 35.0 Å². The average molecular weight is 292 g/mol. The highest BCUT2D eigenvalue weighted by atomic mass is 35.5. The van der Waals surface area contributed by atoms with E-state index < -0.39 is 10.0 Å². The summed E-state index contributed by atoms with van der Waals surface area (Å²) in [6, 6.07) is 0. The molecule has 100 valence electrons. The molecule has 1 aromatic rings. The van der Waals surface area contributed by atoms with Crippen LogP contribution in [0.15, 0.2) is 11.4 Å². The molecule has 0 N–H and O–H groups in total. The zero-order valence-corrected chi connectivity index (χ0v) is 11.7. The van der Waals surface area contributed by atoms with Gasteiger partial charge in [-0.3, -0.25) is 4.79 Å². The van der Waals surface area contributed by atoms with Gasteiger partial charge in [-0.15, -0.1) is 0 Å². The molecule has 1 fully saturated rings. The summed E-state index contributed by atoms with van der Waals surface area (Å²) in [6.07, 6.45) is 2.35. The third-order valence-corrected chi connectivity index (χ3v) is 5.39. The van der Waals surface area contributed by atoms with Crippen LogP contribution in [0.25, 0.3) is 0 Å². The topological polar surface area (TPSA) is 72.3 Å². The predicted octanol–water partition coefficient (Wildman–Crippen LogP) is 1.02. The van der Waals surface area contributed by atoms with Gasteiger partial charge in [-0.2, -0.15) is 8.42 Å². The number of halogens is 1. The van der Waals surface area contributed by atoms with Crippen molar-refractivity contribution in [1.29, 1.82) is 0 Å². The molecule has 8 heteroatoms. The molecule has 1 atom stereocenters. The molecule has 0 aliphatic carbocycles. The second-order valence-corrected chi connectivity index (χ2v) is 6.50. The van der Waals surface area contributed by atoms with Crippen LogP contribution in [0.4, 0.5) is 0 Å². The Morgan fingerprint density at radius 1 is 1.56 bits per heavy atom. The number of carbonyl (C=O) groups is 1. The number of aromatic nitrogens is 2. The molecule has 1 aliphatic rings. The number of imidazole rings is 1. The summed E-state index contributed by atoms with van der Waals surface area (Å²) in [7, 11) is -2.33. The summed E-state index contributed by atoms with van der Waals surface area (Å²) in [5.74, 6) is -0.307. The lowest BCUT2D eigenvalue weighted by atomic mass is 10.1. The highest BCUT2D eigenvalue weighted by Crippen LogP contribution is 2.29. The SMILES string of the molecule is CCC1CC(=O)N(S(=O)(=O)c2ncn(C)c2Cl)C1. The van der Waals surface area contributed by atoms with Gasteiger partial charge in [0.1, 0.15) is 5.15 Å². The zero-order chi connectivity index (χ0) is 13.5. The van der Waals surface area contributed by atoms with Crippen LogP contribution >= 0.6 is 11.6 Å². The number of sulfonamides is 1. The molecule has 0 radical (unpaired) electrons. The Labute approximate surface area is 111 Å². The molecule has 1 unspecified atom stereocenters. The van der Waals surface area contributed by atoms with E-state index in [0.717, 1.165) is 10.7 Å². The van der Waals surface area contributed by atoms with Gasteiger partial charge in [0.05, 0.1) is 6.33 Å². The Hall–Kier alpha value is -1.08. The fourth-order valence-electron chi connectivity index (χ4n) is 1.93. The maximum absolute atomic E-state index is 12.3. The smallest absolute Gasteiger partial charge is 0.287 e. The molecule has 2 rings (SSSR count). The molecule has 2 heterocycles. The largest absolute Gasteiger partial charge is 0.324 e. The first kappa shape index (κ1) is 13.4. The second-order valence-electron chi connectivity index (χ2n) is 4.36. The summed E-state index contributed by atoms with van der Waals surface area (Å²) < 4.78 is 26.9. The minimum atomic E-state index is -3.92. The van der Waals surface area contributed by atoms with Crippen LogP contribution in [0.5, 0.6) is 0 Å². The fourth-order valence-corrected chi connectivity index (χ4v) is 3.81. The van der Waals surface area contributed by atoms with Gasteiger partial charge in [0.15, 0.2) is 0 Å². The Morgan fingerprint density at radius 3 is 2.67 bits per heavy atom. The monoisotopic (exact) mass is 291 g/mol. The van der Waals surface area contributed by atoms with Gasteiger partial charge >= 0.3 is 0 Å². The van der Waals surface area contributed by atoms with Crippen LogP contribution in [0.2, 0.25) is 5.15 Å². The van der Waals surface area contributed by atoms with Crippen LogP contribution in [-0.4, -0.2) is 34.7 Å². The lowest BCUT2D eigenvalue weighted by molar-refractivity contribution is -0.123. The average Bonchev–Trinajstić information content (AvgIpc) is 2.84. The minimum absolute atomic E-state index is 0.0164. The van der Waals surface area contributed by atoms with Gasteiger partial charge in [-0.1, -0.05) is 24.9 Å². The number of amides is 1. The van der Waals surface area contributed by atoms with Crippen molar-refractivity contribution in [3.63, 3.8) is 0 Å². The van der Waals surface area contributed by atoms with Crippen molar-refractivity contribution in [2.45, 2.75) is 24.8 Å². The van der Waals surface area contributed by atoms with E-state index in [4.69, 9.17) is 11.6 Å². The summed E-state index contributed by atoms with van der Waals surface area (Å²) in [6.45, 7) is 2.15. The molecule has 0 saturated carbocycles. The number of rotatable bonds is 3. The summed E-state index contributed by atoms with van der Waals surface area (Å²) in [5.41, 5.74) is 0. The van der Waals surface area contributed by atoms with Gasteiger partial charge in [-0.25, -0.2) is 9.29 Å². The maximum Gasteiger partial charge on any atom is 0.287 e. The van der Waals surface area contributed by atoms with E-state index in [0.29, 0.717) is 0 Å². The van der Waals surface area contributed by atoms with Gasteiger partial charge < -0.3 is 4.57 Å². The Morgan fingerprint density at radius 2 is 2.22 bits per heavy atom. The van der Waals surface area contributed by atoms with Crippen molar-refractivity contribution in [3.8, 4) is 0 Å². The number of aryl methyl sites for hydroxylation is 1. The lowest BCUT2D eigenvalue weighted by Crippen LogP contribution is -2.33. The first-order chi connectivity index (χ1) is 8.37. The normalized spacial score (nSPS) is 20.7. The summed E-state index contributed by atoms with van der Waals surface area (Å²) in [4.78, 5) is 15.5. The van der Waals surface area contributed by atoms with Gasteiger partial charge in [-0.05, 0) is 5.92 Å². The van der Waals surface area contributed by atoms with Crippen molar-refractivity contribution in [2.75, 3.05) is 6.54 Å². The Balaban J connectivity index is 2.38. The molecule has 1 saturated heterocycles. The van der Waals surface area contributed by atoms with E-state index >= 15 is 0 Å². The number of hydrogen-bond donors (Lipinski definition) is 0. The van der Waals surface area contributed by atoms with Crippen LogP contribution in [0, 0.1) is 5.92 Å². The van der Waals surface area contributed by atoms with Crippen molar-refractivity contribution in [3.05, 3.63) is 11.5 Å². The van der Waals surface area contributed by atoms with Gasteiger partial charge in [0.2, 0.25) is 10.9 Å². The van der Waals surface area contributed by atoms with Crippen molar-refractivity contribution in [2.24, 2.45) is 13.0 Å². The van der Waals surface area contributed by atoms with E-state index in [9.17, 15) is 13.2 Å². The molecule has 0 bridgehead atoms. The molecule has 18 heavy (non-hydrogen) atoms. The Kier molecular flexibility index (Phi) is 3.37. The molecular formula is C10H14ClN3O3S. The number of nitrogens with zero attached hydrogens (tertiary/aromatic N) is 3. The third-order valence-electron chi connectivity index (χ3n) is 3.11. The second kappa shape index (κ2) is 4.55. The molecule has 1 amide bonds. The standard InChI is InChI=1S/C10H14ClN3O3S/c1-3-7-4-8(15)14(5-7)18(16,17)10-9(11)13(2)6-12-10/h6-7H,3-5H2,1-2H3. The molecule has 1 aliphatic heterocycles. The molecule has 0 aromatic carbocycles. The van der Waals surface area contributed by atoms with E-state index in [1.165, 1.54) is 10.9 Å². The maximum atomic E-state index is 12.3. The van der Waals surface area contributed by atoms with Crippen molar-refractivity contribution >= 4 is 27.5 Å². The molecule has 0 spiro atoms. The Bertz CT molecular complexity index is 581. The van der Waals surface area contributed by atoms with Crippen LogP contribution in [0.1, 0.15) is 19.8 Å². The molecular weight excluding hydrogens is 278 g/mol. The highest BCUT2D eigenvalue weighted by molar-refractivity contribution is 7.89. The van der Waals surface area contributed by atoms with E-state index in [1.54, 1.807) is 7.05 Å². The fraction of sp³-hybridized carbons (Fsp3) is 0.600. The van der Waals surface area contributed by atoms with Gasteiger partial charge in [0.25, 0.3) is 10.0 Å².